The van der Waals surface area contributed by atoms with Gasteiger partial charge in [-0.05, 0) is 37.3 Å². The van der Waals surface area contributed by atoms with Crippen LogP contribution >= 0.6 is 0 Å². The molecule has 1 N–H and O–H groups in total. The molecule has 0 aliphatic carbocycles. The first kappa shape index (κ1) is 17.0. The van der Waals surface area contributed by atoms with E-state index in [0.29, 0.717) is 6.54 Å². The van der Waals surface area contributed by atoms with E-state index in [-0.39, 0.29) is 23.2 Å². The van der Waals surface area contributed by atoms with Crippen LogP contribution in [0.15, 0.2) is 24.3 Å². The molecular weight excluding hydrogens is 274 g/mol. The Morgan fingerprint density at radius 3 is 2.14 bits per heavy atom. The number of carbonyl (C=O) groups is 1. The summed E-state index contributed by atoms with van der Waals surface area (Å²) in [5.74, 6) is 0.00554. The highest BCUT2D eigenvalue weighted by molar-refractivity contribution is 5.75. The quantitative estimate of drug-likeness (QED) is 0.848. The molecule has 0 saturated carbocycles. The molecule has 1 aromatic rings. The first-order chi connectivity index (χ1) is 10.1. The predicted octanol–water partition coefficient (Wildman–Crippen LogP) is 3.63. The minimum atomic E-state index is -0.430. The van der Waals surface area contributed by atoms with Crippen molar-refractivity contribution in [2.45, 2.75) is 58.5 Å². The maximum Gasteiger partial charge on any atom is 0.311 e. The Balaban J connectivity index is 2.15. The van der Waals surface area contributed by atoms with E-state index in [1.165, 1.54) is 11.1 Å². The van der Waals surface area contributed by atoms with Crippen LogP contribution in [0.4, 0.5) is 0 Å². The average molecular weight is 303 g/mol. The predicted molar refractivity (Wildman–Crippen MR) is 90.1 cm³/mol. The zero-order valence-electron chi connectivity index (χ0n) is 14.7. The SMILES string of the molecule is CC(C)(C)OC(=O)C1CNCC1c1ccc(C(C)(C)C)cc1. The fourth-order valence-electron chi connectivity index (χ4n) is 2.88. The Morgan fingerprint density at radius 2 is 1.64 bits per heavy atom. The Hall–Kier alpha value is -1.35. The van der Waals surface area contributed by atoms with Crippen LogP contribution in [-0.4, -0.2) is 24.7 Å². The molecule has 0 aromatic heterocycles. The van der Waals surface area contributed by atoms with Gasteiger partial charge >= 0.3 is 5.97 Å². The van der Waals surface area contributed by atoms with Crippen LogP contribution in [-0.2, 0) is 14.9 Å². The Bertz CT molecular complexity index is 520. The van der Waals surface area contributed by atoms with Gasteiger partial charge in [0.2, 0.25) is 0 Å². The fraction of sp³-hybridized carbons (Fsp3) is 0.632. The van der Waals surface area contributed by atoms with Crippen molar-refractivity contribution in [2.24, 2.45) is 5.92 Å². The fourth-order valence-corrected chi connectivity index (χ4v) is 2.88. The molecule has 1 aliphatic heterocycles. The van der Waals surface area contributed by atoms with Crippen molar-refractivity contribution in [3.05, 3.63) is 35.4 Å². The maximum absolute atomic E-state index is 12.4. The van der Waals surface area contributed by atoms with Gasteiger partial charge in [-0.2, -0.15) is 0 Å². The van der Waals surface area contributed by atoms with Crippen LogP contribution in [0.1, 0.15) is 58.6 Å². The molecule has 0 amide bonds. The molecule has 2 rings (SSSR count). The summed E-state index contributed by atoms with van der Waals surface area (Å²) in [5, 5.41) is 3.33. The highest BCUT2D eigenvalue weighted by atomic mass is 16.6. The van der Waals surface area contributed by atoms with Crippen molar-refractivity contribution in [2.75, 3.05) is 13.1 Å². The van der Waals surface area contributed by atoms with E-state index < -0.39 is 5.60 Å². The monoisotopic (exact) mass is 303 g/mol. The molecule has 0 spiro atoms. The van der Waals surface area contributed by atoms with Gasteiger partial charge in [0.15, 0.2) is 0 Å². The van der Waals surface area contributed by atoms with Crippen LogP contribution in [0.5, 0.6) is 0 Å². The standard InChI is InChI=1S/C19H29NO2/c1-18(2,3)14-9-7-13(8-10-14)15-11-20-12-16(15)17(21)22-19(4,5)6/h7-10,15-16,20H,11-12H2,1-6H3. The van der Waals surface area contributed by atoms with Crippen LogP contribution in [0, 0.1) is 5.92 Å². The summed E-state index contributed by atoms with van der Waals surface area (Å²) in [5.41, 5.74) is 2.25. The summed E-state index contributed by atoms with van der Waals surface area (Å²) in [6.07, 6.45) is 0. The number of benzene rings is 1. The third-order valence-corrected chi connectivity index (χ3v) is 4.13. The highest BCUT2D eigenvalue weighted by Crippen LogP contribution is 2.32. The second-order valence-corrected chi connectivity index (χ2v) is 8.28. The van der Waals surface area contributed by atoms with E-state index in [1.54, 1.807) is 0 Å². The number of esters is 1. The van der Waals surface area contributed by atoms with Gasteiger partial charge in [-0.3, -0.25) is 4.79 Å². The largest absolute Gasteiger partial charge is 0.460 e. The third kappa shape index (κ3) is 4.10. The van der Waals surface area contributed by atoms with Crippen LogP contribution in [0.25, 0.3) is 0 Å². The lowest BCUT2D eigenvalue weighted by Gasteiger charge is -2.25. The Kier molecular flexibility index (Phi) is 4.67. The van der Waals surface area contributed by atoms with Crippen molar-refractivity contribution >= 4 is 5.97 Å². The molecule has 0 bridgehead atoms. The van der Waals surface area contributed by atoms with E-state index in [2.05, 4.69) is 50.4 Å². The lowest BCUT2D eigenvalue weighted by atomic mass is 9.83. The van der Waals surface area contributed by atoms with E-state index in [0.717, 1.165) is 6.54 Å². The van der Waals surface area contributed by atoms with Gasteiger partial charge in [0.25, 0.3) is 0 Å². The summed E-state index contributed by atoms with van der Waals surface area (Å²) in [6.45, 7) is 13.9. The molecule has 22 heavy (non-hydrogen) atoms. The number of ether oxygens (including phenoxy) is 1. The molecule has 122 valence electrons. The molecule has 2 atom stereocenters. The van der Waals surface area contributed by atoms with Crippen molar-refractivity contribution in [1.82, 2.24) is 5.32 Å². The Morgan fingerprint density at radius 1 is 1.05 bits per heavy atom. The molecule has 3 nitrogen and oxygen atoms in total. The van der Waals surface area contributed by atoms with Gasteiger partial charge in [0.05, 0.1) is 5.92 Å². The van der Waals surface area contributed by atoms with Gasteiger partial charge in [-0.15, -0.1) is 0 Å². The average Bonchev–Trinajstić information content (AvgIpc) is 2.85. The summed E-state index contributed by atoms with van der Waals surface area (Å²) in [6, 6.07) is 8.69. The zero-order chi connectivity index (χ0) is 16.5. The van der Waals surface area contributed by atoms with Gasteiger partial charge in [0.1, 0.15) is 5.60 Å². The number of hydrogen-bond donors (Lipinski definition) is 1. The number of hydrogen-bond acceptors (Lipinski definition) is 3. The van der Waals surface area contributed by atoms with E-state index in [9.17, 15) is 4.79 Å². The van der Waals surface area contributed by atoms with E-state index in [4.69, 9.17) is 4.74 Å². The second kappa shape index (κ2) is 6.04. The molecule has 1 saturated heterocycles. The lowest BCUT2D eigenvalue weighted by Crippen LogP contribution is -2.31. The first-order valence-electron chi connectivity index (χ1n) is 8.12. The number of nitrogens with one attached hydrogen (secondary N) is 1. The smallest absolute Gasteiger partial charge is 0.311 e. The minimum absolute atomic E-state index is 0.0950. The van der Waals surface area contributed by atoms with Crippen molar-refractivity contribution in [3.63, 3.8) is 0 Å². The molecule has 1 aromatic carbocycles. The topological polar surface area (TPSA) is 38.3 Å². The van der Waals surface area contributed by atoms with Gasteiger partial charge in [-0.1, -0.05) is 45.0 Å². The normalized spacial score (nSPS) is 22.6. The third-order valence-electron chi connectivity index (χ3n) is 4.13. The first-order valence-corrected chi connectivity index (χ1v) is 8.12. The number of rotatable bonds is 2. The summed E-state index contributed by atoms with van der Waals surface area (Å²) in [4.78, 5) is 12.4. The van der Waals surface area contributed by atoms with Crippen molar-refractivity contribution < 1.29 is 9.53 Å². The molecule has 3 heteroatoms. The van der Waals surface area contributed by atoms with Crippen LogP contribution in [0.3, 0.4) is 0 Å². The molecule has 1 fully saturated rings. The lowest BCUT2D eigenvalue weighted by molar-refractivity contribution is -0.159. The Labute approximate surface area is 134 Å². The van der Waals surface area contributed by atoms with Gasteiger partial charge < -0.3 is 10.1 Å². The maximum atomic E-state index is 12.4. The second-order valence-electron chi connectivity index (χ2n) is 8.28. The summed E-state index contributed by atoms with van der Waals surface area (Å²) < 4.78 is 5.57. The van der Waals surface area contributed by atoms with Crippen LogP contribution < -0.4 is 5.32 Å². The van der Waals surface area contributed by atoms with Gasteiger partial charge in [0, 0.05) is 19.0 Å². The molecule has 2 unspecified atom stereocenters. The van der Waals surface area contributed by atoms with Gasteiger partial charge in [-0.25, -0.2) is 0 Å². The minimum Gasteiger partial charge on any atom is -0.460 e. The summed E-state index contributed by atoms with van der Waals surface area (Å²) >= 11 is 0. The van der Waals surface area contributed by atoms with E-state index >= 15 is 0 Å². The number of carbonyl (C=O) groups excluding carboxylic acids is 1. The van der Waals surface area contributed by atoms with E-state index in [1.807, 2.05) is 20.8 Å². The highest BCUT2D eigenvalue weighted by Gasteiger charge is 2.36. The zero-order valence-corrected chi connectivity index (χ0v) is 14.7. The van der Waals surface area contributed by atoms with Crippen molar-refractivity contribution in [1.29, 1.82) is 0 Å². The summed E-state index contributed by atoms with van der Waals surface area (Å²) in [7, 11) is 0. The molecule has 1 aliphatic rings. The van der Waals surface area contributed by atoms with Crippen molar-refractivity contribution in [3.8, 4) is 0 Å². The van der Waals surface area contributed by atoms with Crippen LogP contribution in [0.2, 0.25) is 0 Å². The molecule has 1 heterocycles. The molecular formula is C19H29NO2. The molecule has 0 radical (unpaired) electrons.